The Balaban J connectivity index is 1.75. The lowest BCUT2D eigenvalue weighted by Gasteiger charge is -2.29. The van der Waals surface area contributed by atoms with Crippen LogP contribution in [0.5, 0.6) is 5.75 Å². The van der Waals surface area contributed by atoms with E-state index in [0.717, 1.165) is 37.8 Å². The van der Waals surface area contributed by atoms with Gasteiger partial charge in [-0.15, -0.1) is 0 Å². The van der Waals surface area contributed by atoms with Gasteiger partial charge >= 0.3 is 6.18 Å². The summed E-state index contributed by atoms with van der Waals surface area (Å²) in [5, 5.41) is 3.43. The fraction of sp³-hybridized carbons (Fsp3) is 0.571. The van der Waals surface area contributed by atoms with Crippen LogP contribution in [0.4, 0.5) is 17.6 Å². The van der Waals surface area contributed by atoms with Crippen LogP contribution in [0.3, 0.4) is 0 Å². The van der Waals surface area contributed by atoms with Gasteiger partial charge in [0, 0.05) is 12.1 Å². The molecule has 2 heterocycles. The van der Waals surface area contributed by atoms with Crippen molar-refractivity contribution in [1.82, 2.24) is 5.32 Å². The molecule has 2 atom stereocenters. The zero-order chi connectivity index (χ0) is 14.3. The molecule has 3 rings (SSSR count). The molecule has 2 saturated heterocycles. The van der Waals surface area contributed by atoms with Gasteiger partial charge in [-0.1, -0.05) is 0 Å². The largest absolute Gasteiger partial charge is 0.490 e. The second-order valence-corrected chi connectivity index (χ2v) is 5.49. The fourth-order valence-electron chi connectivity index (χ4n) is 3.09. The van der Waals surface area contributed by atoms with Crippen molar-refractivity contribution >= 4 is 0 Å². The maximum absolute atomic E-state index is 13.2. The average Bonchev–Trinajstić information content (AvgIpc) is 2.70. The van der Waals surface area contributed by atoms with Crippen LogP contribution in [-0.4, -0.2) is 18.2 Å². The molecule has 0 spiro atoms. The first kappa shape index (κ1) is 13.7. The second kappa shape index (κ2) is 4.91. The molecule has 1 aromatic rings. The van der Waals surface area contributed by atoms with Crippen LogP contribution >= 0.6 is 0 Å². The van der Waals surface area contributed by atoms with Gasteiger partial charge in [0.2, 0.25) is 0 Å². The lowest BCUT2D eigenvalue weighted by Crippen LogP contribution is -2.42. The number of piperidine rings is 1. The lowest BCUT2D eigenvalue weighted by atomic mass is 10.0. The topological polar surface area (TPSA) is 21.3 Å². The maximum Gasteiger partial charge on any atom is 0.419 e. The molecule has 0 radical (unpaired) electrons. The van der Waals surface area contributed by atoms with Gasteiger partial charge in [-0.25, -0.2) is 4.39 Å². The minimum absolute atomic E-state index is 0.0880. The van der Waals surface area contributed by atoms with Gasteiger partial charge in [0.25, 0.3) is 0 Å². The molecule has 2 nitrogen and oxygen atoms in total. The highest BCUT2D eigenvalue weighted by atomic mass is 19.4. The molecular weight excluding hydrogens is 274 g/mol. The second-order valence-electron chi connectivity index (χ2n) is 5.49. The smallest absolute Gasteiger partial charge is 0.419 e. The monoisotopic (exact) mass is 289 g/mol. The van der Waals surface area contributed by atoms with Crippen molar-refractivity contribution in [2.75, 3.05) is 0 Å². The first-order chi connectivity index (χ1) is 9.41. The summed E-state index contributed by atoms with van der Waals surface area (Å²) in [7, 11) is 0. The SMILES string of the molecule is Fc1ccc(OC2CC3CCC(C2)N3)cc1C(F)(F)F. The summed E-state index contributed by atoms with van der Waals surface area (Å²) in [6, 6.07) is 3.60. The van der Waals surface area contributed by atoms with Crippen molar-refractivity contribution in [2.24, 2.45) is 0 Å². The van der Waals surface area contributed by atoms with E-state index >= 15 is 0 Å². The van der Waals surface area contributed by atoms with Gasteiger partial charge in [0.05, 0.1) is 5.56 Å². The number of hydrogen-bond acceptors (Lipinski definition) is 2. The highest BCUT2D eigenvalue weighted by Crippen LogP contribution is 2.35. The summed E-state index contributed by atoms with van der Waals surface area (Å²) in [5.41, 5.74) is -1.27. The van der Waals surface area contributed by atoms with Crippen LogP contribution in [-0.2, 0) is 6.18 Å². The molecule has 0 saturated carbocycles. The molecule has 0 aromatic heterocycles. The maximum atomic E-state index is 13.2. The van der Waals surface area contributed by atoms with Crippen molar-refractivity contribution in [3.8, 4) is 5.75 Å². The van der Waals surface area contributed by atoms with Crippen LogP contribution < -0.4 is 10.1 Å². The van der Waals surface area contributed by atoms with Gasteiger partial charge in [-0.2, -0.15) is 13.2 Å². The number of halogens is 4. The molecule has 1 aromatic carbocycles. The minimum Gasteiger partial charge on any atom is -0.490 e. The van der Waals surface area contributed by atoms with Gasteiger partial charge in [-0.05, 0) is 43.9 Å². The Kier molecular flexibility index (Phi) is 3.36. The van der Waals surface area contributed by atoms with Crippen molar-refractivity contribution in [3.05, 3.63) is 29.6 Å². The van der Waals surface area contributed by atoms with Crippen LogP contribution in [0, 0.1) is 5.82 Å². The molecule has 2 aliphatic rings. The van der Waals surface area contributed by atoms with Crippen molar-refractivity contribution in [3.63, 3.8) is 0 Å². The molecular formula is C14H15F4NO. The molecule has 1 N–H and O–H groups in total. The molecule has 20 heavy (non-hydrogen) atoms. The predicted octanol–water partition coefficient (Wildman–Crippen LogP) is 3.51. The highest BCUT2D eigenvalue weighted by Gasteiger charge is 2.36. The Morgan fingerprint density at radius 1 is 1.10 bits per heavy atom. The van der Waals surface area contributed by atoms with Crippen molar-refractivity contribution in [1.29, 1.82) is 0 Å². The summed E-state index contributed by atoms with van der Waals surface area (Å²) in [5.74, 6) is -1.18. The molecule has 2 bridgehead atoms. The molecule has 6 heteroatoms. The van der Waals surface area contributed by atoms with E-state index in [2.05, 4.69) is 5.32 Å². The fourth-order valence-corrected chi connectivity index (χ4v) is 3.09. The van der Waals surface area contributed by atoms with E-state index in [4.69, 9.17) is 4.74 Å². The normalized spacial score (nSPS) is 29.5. The summed E-state index contributed by atoms with van der Waals surface area (Å²) >= 11 is 0. The summed E-state index contributed by atoms with van der Waals surface area (Å²) in [6.45, 7) is 0. The number of alkyl halides is 3. The van der Waals surface area contributed by atoms with E-state index in [0.29, 0.717) is 12.1 Å². The molecule has 2 fully saturated rings. The minimum atomic E-state index is -4.70. The third kappa shape index (κ3) is 2.75. The first-order valence-corrected chi connectivity index (χ1v) is 6.71. The highest BCUT2D eigenvalue weighted by molar-refractivity contribution is 5.32. The Morgan fingerprint density at radius 2 is 1.75 bits per heavy atom. The zero-order valence-corrected chi connectivity index (χ0v) is 10.7. The Labute approximate surface area is 114 Å². The van der Waals surface area contributed by atoms with Crippen LogP contribution in [0.25, 0.3) is 0 Å². The predicted molar refractivity (Wildman–Crippen MR) is 65.0 cm³/mol. The van der Waals surface area contributed by atoms with Crippen molar-refractivity contribution in [2.45, 2.75) is 50.0 Å². The molecule has 2 aliphatic heterocycles. The number of benzene rings is 1. The van der Waals surface area contributed by atoms with Crippen LogP contribution in [0.15, 0.2) is 18.2 Å². The molecule has 0 aliphatic carbocycles. The quantitative estimate of drug-likeness (QED) is 0.841. The third-order valence-electron chi connectivity index (χ3n) is 3.98. The molecule has 0 amide bonds. The number of ether oxygens (including phenoxy) is 1. The average molecular weight is 289 g/mol. The summed E-state index contributed by atoms with van der Waals surface area (Å²) < 4.78 is 56.7. The van der Waals surface area contributed by atoms with E-state index in [1.54, 1.807) is 0 Å². The Hall–Kier alpha value is -1.30. The first-order valence-electron chi connectivity index (χ1n) is 6.71. The van der Waals surface area contributed by atoms with Crippen LogP contribution in [0.1, 0.15) is 31.2 Å². The molecule has 2 unspecified atom stereocenters. The number of hydrogen-bond donors (Lipinski definition) is 1. The Morgan fingerprint density at radius 3 is 2.35 bits per heavy atom. The summed E-state index contributed by atoms with van der Waals surface area (Å²) in [4.78, 5) is 0. The number of fused-ring (bicyclic) bond motifs is 2. The Bertz CT molecular complexity index is 490. The van der Waals surface area contributed by atoms with Gasteiger partial charge in [-0.3, -0.25) is 0 Å². The zero-order valence-electron chi connectivity index (χ0n) is 10.7. The van der Waals surface area contributed by atoms with E-state index in [-0.39, 0.29) is 11.9 Å². The van der Waals surface area contributed by atoms with Gasteiger partial charge in [0.1, 0.15) is 17.7 Å². The third-order valence-corrected chi connectivity index (χ3v) is 3.98. The van der Waals surface area contributed by atoms with Crippen LogP contribution in [0.2, 0.25) is 0 Å². The van der Waals surface area contributed by atoms with E-state index in [9.17, 15) is 17.6 Å². The van der Waals surface area contributed by atoms with Gasteiger partial charge in [0.15, 0.2) is 0 Å². The summed E-state index contributed by atoms with van der Waals surface area (Å²) in [6.07, 6.45) is -1.05. The lowest BCUT2D eigenvalue weighted by molar-refractivity contribution is -0.140. The van der Waals surface area contributed by atoms with E-state index < -0.39 is 17.6 Å². The molecule has 110 valence electrons. The van der Waals surface area contributed by atoms with E-state index in [1.165, 1.54) is 6.07 Å². The van der Waals surface area contributed by atoms with E-state index in [1.807, 2.05) is 0 Å². The number of nitrogens with one attached hydrogen (secondary N) is 1. The standard InChI is InChI=1S/C14H15F4NO/c15-13-4-3-10(7-12(13)14(16,17)18)20-11-5-8-1-2-9(6-11)19-8/h3-4,7-9,11,19H,1-2,5-6H2. The van der Waals surface area contributed by atoms with Crippen molar-refractivity contribution < 1.29 is 22.3 Å². The number of rotatable bonds is 2. The van der Waals surface area contributed by atoms with Gasteiger partial charge < -0.3 is 10.1 Å².